The Morgan fingerprint density at radius 3 is 2.65 bits per heavy atom. The van der Waals surface area contributed by atoms with Crippen LogP contribution in [0.15, 0.2) is 28.5 Å². The lowest BCUT2D eigenvalue weighted by Crippen LogP contribution is -2.12. The number of nitrogens with zero attached hydrogens (tertiary/aromatic N) is 1. The molecule has 2 aromatic rings. The van der Waals surface area contributed by atoms with Crippen LogP contribution in [0.1, 0.15) is 23.0 Å². The number of thioether (sulfide) groups is 1. The monoisotopic (exact) mass is 351 g/mol. The Morgan fingerprint density at radius 2 is 2.04 bits per heavy atom. The average molecular weight is 351 g/mol. The van der Waals surface area contributed by atoms with Gasteiger partial charge >= 0.3 is 0 Å². The van der Waals surface area contributed by atoms with Gasteiger partial charge in [0.05, 0.1) is 22.3 Å². The summed E-state index contributed by atoms with van der Waals surface area (Å²) in [7, 11) is 0. The third-order valence-corrected chi connectivity index (χ3v) is 5.21. The van der Waals surface area contributed by atoms with Gasteiger partial charge in [0.15, 0.2) is 5.13 Å². The smallest absolute Gasteiger partial charge is 0.257 e. The first-order valence-corrected chi connectivity index (χ1v) is 8.72. The number of amides is 2. The lowest BCUT2D eigenvalue weighted by Gasteiger charge is -2.04. The molecule has 1 heterocycles. The average Bonchev–Trinajstić information content (AvgIpc) is 2.86. The van der Waals surface area contributed by atoms with Crippen LogP contribution < -0.4 is 15.8 Å². The van der Waals surface area contributed by atoms with Crippen LogP contribution in [-0.2, 0) is 4.79 Å². The summed E-state index contributed by atoms with van der Waals surface area (Å²) in [6.45, 7) is 4.31. The molecule has 2 rings (SSSR count). The van der Waals surface area contributed by atoms with Crippen LogP contribution in [0.3, 0.4) is 0 Å². The largest absolute Gasteiger partial charge is 0.494 e. The van der Waals surface area contributed by atoms with Crippen molar-refractivity contribution < 1.29 is 14.3 Å². The molecule has 1 aromatic heterocycles. The van der Waals surface area contributed by atoms with Gasteiger partial charge in [-0.05, 0) is 38.1 Å². The highest BCUT2D eigenvalue weighted by Crippen LogP contribution is 2.32. The number of carbonyl (C=O) groups is 2. The fraction of sp³-hybridized carbons (Fsp3) is 0.267. The Bertz CT molecular complexity index is 698. The molecule has 2 amide bonds. The van der Waals surface area contributed by atoms with Gasteiger partial charge in [-0.2, -0.15) is 0 Å². The van der Waals surface area contributed by atoms with Crippen molar-refractivity contribution in [2.24, 2.45) is 5.73 Å². The number of aromatic nitrogens is 1. The van der Waals surface area contributed by atoms with E-state index >= 15 is 0 Å². The SMILES string of the molecule is CCOc1ccc(C(=O)Nc2nc(C)c(SCC(N)=O)s2)cc1. The molecule has 8 heteroatoms. The second kappa shape index (κ2) is 7.98. The van der Waals surface area contributed by atoms with E-state index in [1.807, 2.05) is 13.8 Å². The topological polar surface area (TPSA) is 94.3 Å². The molecule has 0 spiro atoms. The Kier molecular flexibility index (Phi) is 6.00. The predicted molar refractivity (Wildman–Crippen MR) is 92.3 cm³/mol. The molecular weight excluding hydrogens is 334 g/mol. The Morgan fingerprint density at radius 1 is 1.35 bits per heavy atom. The van der Waals surface area contributed by atoms with E-state index in [0.717, 1.165) is 15.7 Å². The fourth-order valence-corrected chi connectivity index (χ4v) is 3.62. The third-order valence-electron chi connectivity index (χ3n) is 2.75. The first kappa shape index (κ1) is 17.3. The number of anilines is 1. The van der Waals surface area contributed by atoms with E-state index in [2.05, 4.69) is 10.3 Å². The zero-order chi connectivity index (χ0) is 16.8. The van der Waals surface area contributed by atoms with E-state index in [9.17, 15) is 9.59 Å². The number of nitrogens with two attached hydrogens (primary N) is 1. The summed E-state index contributed by atoms with van der Waals surface area (Å²) in [5.41, 5.74) is 6.42. The molecule has 0 bridgehead atoms. The van der Waals surface area contributed by atoms with Gasteiger partial charge in [-0.15, -0.1) is 11.8 Å². The van der Waals surface area contributed by atoms with Gasteiger partial charge in [0.2, 0.25) is 5.91 Å². The second-order valence-electron chi connectivity index (χ2n) is 4.56. The summed E-state index contributed by atoms with van der Waals surface area (Å²) in [6, 6.07) is 6.90. The molecule has 0 aliphatic rings. The van der Waals surface area contributed by atoms with Crippen LogP contribution in [0.25, 0.3) is 0 Å². The number of aryl methyl sites for hydroxylation is 1. The maximum Gasteiger partial charge on any atom is 0.257 e. The molecule has 0 fully saturated rings. The van der Waals surface area contributed by atoms with E-state index in [-0.39, 0.29) is 17.6 Å². The molecule has 6 nitrogen and oxygen atoms in total. The van der Waals surface area contributed by atoms with Crippen LogP contribution >= 0.6 is 23.1 Å². The Labute approximate surface area is 142 Å². The van der Waals surface area contributed by atoms with E-state index < -0.39 is 0 Å². The third kappa shape index (κ3) is 4.97. The van der Waals surface area contributed by atoms with Gasteiger partial charge in [-0.1, -0.05) is 11.3 Å². The number of hydrogen-bond donors (Lipinski definition) is 2. The van der Waals surface area contributed by atoms with Gasteiger partial charge in [0.25, 0.3) is 5.91 Å². The molecule has 0 saturated carbocycles. The van der Waals surface area contributed by atoms with Crippen LogP contribution in [0.2, 0.25) is 0 Å². The van der Waals surface area contributed by atoms with Gasteiger partial charge in [0, 0.05) is 5.56 Å². The summed E-state index contributed by atoms with van der Waals surface area (Å²) in [4.78, 5) is 27.3. The Hall–Kier alpha value is -2.06. The van der Waals surface area contributed by atoms with Gasteiger partial charge < -0.3 is 10.5 Å². The molecular formula is C15H17N3O3S2. The number of hydrogen-bond acceptors (Lipinski definition) is 6. The molecule has 1 aromatic carbocycles. The Balaban J connectivity index is 2.02. The van der Waals surface area contributed by atoms with Crippen molar-refractivity contribution in [2.75, 3.05) is 17.7 Å². The summed E-state index contributed by atoms with van der Waals surface area (Å²) in [6.07, 6.45) is 0. The summed E-state index contributed by atoms with van der Waals surface area (Å²) < 4.78 is 6.21. The maximum atomic E-state index is 12.2. The minimum absolute atomic E-state index is 0.190. The zero-order valence-corrected chi connectivity index (χ0v) is 14.4. The quantitative estimate of drug-likeness (QED) is 0.748. The maximum absolute atomic E-state index is 12.2. The van der Waals surface area contributed by atoms with E-state index in [1.165, 1.54) is 23.1 Å². The van der Waals surface area contributed by atoms with E-state index in [4.69, 9.17) is 10.5 Å². The fourth-order valence-electron chi connectivity index (χ4n) is 1.74. The molecule has 122 valence electrons. The zero-order valence-electron chi connectivity index (χ0n) is 12.8. The number of benzene rings is 1. The van der Waals surface area contributed by atoms with E-state index in [1.54, 1.807) is 24.3 Å². The van der Waals surface area contributed by atoms with Crippen LogP contribution in [-0.4, -0.2) is 29.2 Å². The predicted octanol–water partition coefficient (Wildman–Crippen LogP) is 2.68. The van der Waals surface area contributed by atoms with Crippen molar-refractivity contribution in [3.05, 3.63) is 35.5 Å². The number of ether oxygens (including phenoxy) is 1. The molecule has 0 aliphatic carbocycles. The number of carbonyl (C=O) groups excluding carboxylic acids is 2. The summed E-state index contributed by atoms with van der Waals surface area (Å²) >= 11 is 2.64. The van der Waals surface area contributed by atoms with Crippen molar-refractivity contribution in [1.29, 1.82) is 0 Å². The summed E-state index contributed by atoms with van der Waals surface area (Å²) in [5, 5.41) is 3.25. The van der Waals surface area contributed by atoms with Crippen molar-refractivity contribution in [2.45, 2.75) is 18.1 Å². The molecule has 0 aliphatic heterocycles. The highest BCUT2D eigenvalue weighted by Gasteiger charge is 2.13. The summed E-state index contributed by atoms with van der Waals surface area (Å²) in [5.74, 6) is 0.283. The van der Waals surface area contributed by atoms with E-state index in [0.29, 0.717) is 17.3 Å². The standard InChI is InChI=1S/C15H17N3O3S2/c1-3-21-11-6-4-10(5-7-11)13(20)18-15-17-9(2)14(23-15)22-8-12(16)19/h4-7H,3,8H2,1-2H3,(H2,16,19)(H,17,18,20). The van der Waals surface area contributed by atoms with Crippen LogP contribution in [0.4, 0.5) is 5.13 Å². The minimum atomic E-state index is -0.386. The van der Waals surface area contributed by atoms with Crippen molar-refractivity contribution in [3.63, 3.8) is 0 Å². The highest BCUT2D eigenvalue weighted by atomic mass is 32.2. The lowest BCUT2D eigenvalue weighted by molar-refractivity contribution is -0.115. The number of primary amides is 1. The van der Waals surface area contributed by atoms with Crippen molar-refractivity contribution in [1.82, 2.24) is 4.98 Å². The molecule has 0 atom stereocenters. The number of thiazole rings is 1. The molecule has 0 saturated heterocycles. The van der Waals surface area contributed by atoms with Gasteiger partial charge in [-0.3, -0.25) is 14.9 Å². The van der Waals surface area contributed by atoms with Crippen molar-refractivity contribution in [3.8, 4) is 5.75 Å². The molecule has 3 N–H and O–H groups in total. The lowest BCUT2D eigenvalue weighted by atomic mass is 10.2. The normalized spacial score (nSPS) is 10.3. The van der Waals surface area contributed by atoms with Crippen molar-refractivity contribution >= 4 is 40.0 Å². The highest BCUT2D eigenvalue weighted by molar-refractivity contribution is 8.01. The van der Waals surface area contributed by atoms with Gasteiger partial charge in [0.1, 0.15) is 5.75 Å². The van der Waals surface area contributed by atoms with Crippen LogP contribution in [0, 0.1) is 6.92 Å². The van der Waals surface area contributed by atoms with Crippen LogP contribution in [0.5, 0.6) is 5.75 Å². The first-order valence-electron chi connectivity index (χ1n) is 6.92. The second-order valence-corrected chi connectivity index (χ2v) is 6.80. The molecule has 0 radical (unpaired) electrons. The number of rotatable bonds is 7. The molecule has 23 heavy (non-hydrogen) atoms. The minimum Gasteiger partial charge on any atom is -0.494 e. The number of nitrogens with one attached hydrogen (secondary N) is 1. The molecule has 0 unspecified atom stereocenters. The first-order chi connectivity index (χ1) is 11.0. The van der Waals surface area contributed by atoms with Gasteiger partial charge in [-0.25, -0.2) is 4.98 Å².